The normalized spacial score (nSPS) is 12.1. The zero-order valence-electron chi connectivity index (χ0n) is 21.0. The molecule has 196 valence electrons. The summed E-state index contributed by atoms with van der Waals surface area (Å²) in [5.41, 5.74) is 1.13. The highest BCUT2D eigenvalue weighted by molar-refractivity contribution is 7.98. The van der Waals surface area contributed by atoms with Crippen molar-refractivity contribution in [3.05, 3.63) is 76.2 Å². The molecule has 1 atom stereocenters. The van der Waals surface area contributed by atoms with E-state index < -0.39 is 6.04 Å². The third kappa shape index (κ3) is 5.23. The Kier molecular flexibility index (Phi) is 7.36. The Morgan fingerprint density at radius 2 is 1.97 bits per heavy atom. The quantitative estimate of drug-likeness (QED) is 0.255. The summed E-state index contributed by atoms with van der Waals surface area (Å²) in [6, 6.07) is 11.4. The number of amides is 1. The van der Waals surface area contributed by atoms with Crippen LogP contribution in [0.1, 0.15) is 29.7 Å². The van der Waals surface area contributed by atoms with E-state index in [1.165, 1.54) is 12.3 Å². The zero-order chi connectivity index (χ0) is 26.6. The molecule has 1 N–H and O–H groups in total. The van der Waals surface area contributed by atoms with E-state index in [1.807, 2.05) is 6.26 Å². The lowest BCUT2D eigenvalue weighted by molar-refractivity contribution is -0.121. The largest absolute Gasteiger partial charge is 0.497 e. The Hall–Kier alpha value is -4.25. The van der Waals surface area contributed by atoms with Gasteiger partial charge in [-0.25, -0.2) is 0 Å². The average Bonchev–Trinajstić information content (AvgIpc) is 3.67. The van der Waals surface area contributed by atoms with E-state index >= 15 is 0 Å². The Balaban J connectivity index is 1.46. The summed E-state index contributed by atoms with van der Waals surface area (Å²) in [5.74, 6) is 2.93. The second kappa shape index (κ2) is 11.0. The Morgan fingerprint density at radius 1 is 1.16 bits per heavy atom. The zero-order valence-corrected chi connectivity index (χ0v) is 21.8. The van der Waals surface area contributed by atoms with Crippen molar-refractivity contribution in [1.29, 1.82) is 0 Å². The van der Waals surface area contributed by atoms with E-state index in [1.54, 1.807) is 62.2 Å². The Bertz CT molecular complexity index is 1600. The summed E-state index contributed by atoms with van der Waals surface area (Å²) < 4.78 is 27.9. The number of hydrogen-bond donors (Lipinski definition) is 1. The molecule has 11 heteroatoms. The van der Waals surface area contributed by atoms with E-state index in [2.05, 4.69) is 15.5 Å². The summed E-state index contributed by atoms with van der Waals surface area (Å²) in [7, 11) is 1.58. The van der Waals surface area contributed by atoms with Crippen molar-refractivity contribution >= 4 is 28.8 Å². The number of hydrogen-bond acceptors (Lipinski definition) is 10. The maximum Gasteiger partial charge on any atom is 0.249 e. The van der Waals surface area contributed by atoms with Crippen LogP contribution in [0.4, 0.5) is 0 Å². The molecule has 5 rings (SSSR count). The molecular formula is C27H25N3O7S. The van der Waals surface area contributed by atoms with Crippen LogP contribution in [0.3, 0.4) is 0 Å². The number of carbonyl (C=O) groups is 1. The van der Waals surface area contributed by atoms with Gasteiger partial charge in [0, 0.05) is 11.6 Å². The molecule has 5 aromatic rings. The predicted octanol–water partition coefficient (Wildman–Crippen LogP) is 5.17. The summed E-state index contributed by atoms with van der Waals surface area (Å²) in [6.07, 6.45) is 3.96. The van der Waals surface area contributed by atoms with Crippen molar-refractivity contribution in [2.24, 2.45) is 0 Å². The van der Waals surface area contributed by atoms with Crippen molar-refractivity contribution in [2.45, 2.75) is 25.8 Å². The van der Waals surface area contributed by atoms with Gasteiger partial charge in [0.25, 0.3) is 0 Å². The van der Waals surface area contributed by atoms with E-state index in [-0.39, 0.29) is 34.8 Å². The number of ether oxygens (including phenoxy) is 1. The first-order valence-corrected chi connectivity index (χ1v) is 13.2. The van der Waals surface area contributed by atoms with Gasteiger partial charge in [0.05, 0.1) is 25.4 Å². The molecule has 1 aromatic carbocycles. The van der Waals surface area contributed by atoms with Gasteiger partial charge in [0.2, 0.25) is 28.6 Å². The number of rotatable bonds is 10. The van der Waals surface area contributed by atoms with Crippen molar-refractivity contribution in [3.63, 3.8) is 0 Å². The molecule has 0 bridgehead atoms. The number of thioether (sulfide) groups is 1. The second-order valence-electron chi connectivity index (χ2n) is 8.53. The number of aryl methyl sites for hydroxylation is 1. The number of aromatic nitrogens is 2. The molecule has 0 radical (unpaired) electrons. The molecule has 0 aliphatic carbocycles. The van der Waals surface area contributed by atoms with Crippen molar-refractivity contribution in [3.8, 4) is 28.7 Å². The lowest BCUT2D eigenvalue weighted by Crippen LogP contribution is -2.30. The first-order valence-electron chi connectivity index (χ1n) is 11.8. The van der Waals surface area contributed by atoms with Gasteiger partial charge in [-0.15, -0.1) is 0 Å². The summed E-state index contributed by atoms with van der Waals surface area (Å²) in [5, 5.41) is 6.98. The first kappa shape index (κ1) is 25.4. The summed E-state index contributed by atoms with van der Waals surface area (Å²) >= 11 is 1.63. The van der Waals surface area contributed by atoms with Crippen molar-refractivity contribution in [1.82, 2.24) is 15.5 Å². The second-order valence-corrected chi connectivity index (χ2v) is 9.52. The van der Waals surface area contributed by atoms with Gasteiger partial charge < -0.3 is 27.8 Å². The topological polar surface area (TPSA) is 134 Å². The molecule has 0 spiro atoms. The van der Waals surface area contributed by atoms with Crippen LogP contribution in [-0.2, 0) is 11.2 Å². The number of nitrogens with one attached hydrogen (secondary N) is 1. The molecule has 0 fully saturated rings. The number of methoxy groups -OCH3 is 1. The molecule has 0 saturated carbocycles. The number of nitrogens with zero attached hydrogens (tertiary/aromatic N) is 2. The molecular weight excluding hydrogens is 510 g/mol. The van der Waals surface area contributed by atoms with Gasteiger partial charge in [0.15, 0.2) is 11.3 Å². The van der Waals surface area contributed by atoms with E-state index in [0.717, 1.165) is 5.75 Å². The lowest BCUT2D eigenvalue weighted by Gasteiger charge is -2.14. The fraction of sp³-hybridized carbons (Fsp3) is 0.259. The van der Waals surface area contributed by atoms with Crippen LogP contribution in [0, 0.1) is 6.92 Å². The molecule has 38 heavy (non-hydrogen) atoms. The van der Waals surface area contributed by atoms with E-state index in [9.17, 15) is 9.59 Å². The first-order chi connectivity index (χ1) is 18.5. The summed E-state index contributed by atoms with van der Waals surface area (Å²) in [6.45, 7) is 1.68. The standard InChI is InChI=1S/C27H25N3O7S/c1-15-13-20(31)25-24(35-15)18(23(36-25)16-6-8-17(33-2)9-7-16)14-22(32)28-19(10-12-38-3)27-29-26(30-37-27)21-5-4-11-34-21/h4-9,11,13,19H,10,12,14H2,1-3H3,(H,28,32). The van der Waals surface area contributed by atoms with Crippen LogP contribution >= 0.6 is 11.8 Å². The fourth-order valence-electron chi connectivity index (χ4n) is 4.08. The van der Waals surface area contributed by atoms with Gasteiger partial charge in [-0.3, -0.25) is 9.59 Å². The van der Waals surface area contributed by atoms with Crippen LogP contribution in [0.5, 0.6) is 5.75 Å². The molecule has 0 aliphatic rings. The van der Waals surface area contributed by atoms with Crippen LogP contribution in [0.2, 0.25) is 0 Å². The number of carbonyl (C=O) groups excluding carboxylic acids is 1. The van der Waals surface area contributed by atoms with Gasteiger partial charge >= 0.3 is 0 Å². The van der Waals surface area contributed by atoms with Gasteiger partial charge in [-0.05, 0) is 61.8 Å². The van der Waals surface area contributed by atoms with Gasteiger partial charge in [-0.2, -0.15) is 16.7 Å². The Morgan fingerprint density at radius 3 is 2.68 bits per heavy atom. The third-order valence-electron chi connectivity index (χ3n) is 5.90. The minimum atomic E-state index is -0.525. The average molecular weight is 536 g/mol. The van der Waals surface area contributed by atoms with Gasteiger partial charge in [0.1, 0.15) is 23.3 Å². The smallest absolute Gasteiger partial charge is 0.249 e. The predicted molar refractivity (Wildman–Crippen MR) is 141 cm³/mol. The van der Waals surface area contributed by atoms with Crippen molar-refractivity contribution in [2.75, 3.05) is 19.1 Å². The van der Waals surface area contributed by atoms with Crippen LogP contribution in [-0.4, -0.2) is 35.2 Å². The summed E-state index contributed by atoms with van der Waals surface area (Å²) in [4.78, 5) is 30.5. The minimum absolute atomic E-state index is 0.0585. The van der Waals surface area contributed by atoms with Crippen molar-refractivity contribution < 1.29 is 27.3 Å². The number of fused-ring (bicyclic) bond motifs is 1. The highest BCUT2D eigenvalue weighted by Gasteiger charge is 2.26. The highest BCUT2D eigenvalue weighted by Crippen LogP contribution is 2.34. The van der Waals surface area contributed by atoms with E-state index in [4.69, 9.17) is 22.5 Å². The molecule has 1 unspecified atom stereocenters. The molecule has 4 aromatic heterocycles. The van der Waals surface area contributed by atoms with Crippen LogP contribution in [0.25, 0.3) is 34.1 Å². The highest BCUT2D eigenvalue weighted by atomic mass is 32.2. The molecule has 0 aliphatic heterocycles. The number of benzene rings is 1. The molecule has 1 amide bonds. The lowest BCUT2D eigenvalue weighted by atomic mass is 10.0. The van der Waals surface area contributed by atoms with Gasteiger partial charge in [-0.1, -0.05) is 5.16 Å². The minimum Gasteiger partial charge on any atom is -0.497 e. The maximum atomic E-state index is 13.4. The maximum absolute atomic E-state index is 13.4. The van der Waals surface area contributed by atoms with Crippen LogP contribution in [0.15, 0.2) is 71.3 Å². The number of furan rings is 2. The molecule has 0 saturated heterocycles. The Labute approximate surface area is 221 Å². The third-order valence-corrected chi connectivity index (χ3v) is 6.54. The van der Waals surface area contributed by atoms with Crippen LogP contribution < -0.4 is 15.5 Å². The molecule has 4 heterocycles. The fourth-order valence-corrected chi connectivity index (χ4v) is 4.55. The SMILES string of the molecule is COc1ccc(-c2oc3c(=O)cc(C)oc3c2CC(=O)NC(CCSC)c2nc(-c3ccco3)no2)cc1. The monoisotopic (exact) mass is 535 g/mol. The van der Waals surface area contributed by atoms with E-state index in [0.29, 0.717) is 46.4 Å². The molecule has 10 nitrogen and oxygen atoms in total.